The summed E-state index contributed by atoms with van der Waals surface area (Å²) in [5, 5.41) is 22.9. The summed E-state index contributed by atoms with van der Waals surface area (Å²) in [7, 11) is 0. The number of hydrogen-bond donors (Lipinski definition) is 2. The van der Waals surface area contributed by atoms with Crippen LogP contribution in [-0.2, 0) is 0 Å². The van der Waals surface area contributed by atoms with Crippen molar-refractivity contribution in [2.75, 3.05) is 11.9 Å². The van der Waals surface area contributed by atoms with Gasteiger partial charge in [-0.2, -0.15) is 0 Å². The Morgan fingerprint density at radius 3 is 2.59 bits per heavy atom. The molecule has 0 aromatic heterocycles. The molecule has 0 amide bonds. The Balaban J connectivity index is 2.89. The number of nitro benzene ring substituents is 1. The number of nitrogens with one attached hydrogen (secondary N) is 1. The lowest BCUT2D eigenvalue weighted by Gasteiger charge is -2.21. The van der Waals surface area contributed by atoms with Crippen molar-refractivity contribution >= 4 is 27.3 Å². The Hall–Kier alpha value is -1.14. The summed E-state index contributed by atoms with van der Waals surface area (Å²) < 4.78 is 0.616. The van der Waals surface area contributed by atoms with E-state index in [-0.39, 0.29) is 24.3 Å². The lowest BCUT2D eigenvalue weighted by Crippen LogP contribution is -2.29. The van der Waals surface area contributed by atoms with Gasteiger partial charge in [0.1, 0.15) is 0 Å². The molecule has 0 saturated heterocycles. The van der Waals surface area contributed by atoms with Gasteiger partial charge in [0.2, 0.25) is 0 Å². The average Bonchev–Trinajstić information content (AvgIpc) is 2.26. The molecule has 1 aromatic carbocycles. The molecule has 0 radical (unpaired) electrons. The summed E-state index contributed by atoms with van der Waals surface area (Å²) in [5.74, 6) is 0.266. The minimum absolute atomic E-state index is 0.0150. The first-order chi connectivity index (χ1) is 7.95. The summed E-state index contributed by atoms with van der Waals surface area (Å²) in [6.45, 7) is 4.00. The Morgan fingerprint density at radius 1 is 1.53 bits per heavy atom. The molecule has 1 atom stereocenters. The van der Waals surface area contributed by atoms with Crippen LogP contribution in [0.2, 0.25) is 0 Å². The number of non-ortho nitro benzene ring substituents is 1. The van der Waals surface area contributed by atoms with Crippen molar-refractivity contribution in [1.82, 2.24) is 0 Å². The van der Waals surface area contributed by atoms with E-state index < -0.39 is 4.92 Å². The minimum Gasteiger partial charge on any atom is -0.394 e. The first kappa shape index (κ1) is 13.9. The van der Waals surface area contributed by atoms with Crippen LogP contribution in [0.1, 0.15) is 13.8 Å². The van der Waals surface area contributed by atoms with E-state index in [0.29, 0.717) is 4.47 Å². The standard InChI is InChI=1S/C11H15BrN2O3/c1-7(2)11(6-15)13-10-4-3-8(14(16)17)5-9(10)12/h3-5,7,11,13,15H,6H2,1-2H3/t11-/m1/s1. The van der Waals surface area contributed by atoms with Crippen LogP contribution in [0.4, 0.5) is 11.4 Å². The van der Waals surface area contributed by atoms with Gasteiger partial charge in [-0.15, -0.1) is 0 Å². The second-order valence-corrected chi connectivity index (χ2v) is 4.95. The number of anilines is 1. The Labute approximate surface area is 108 Å². The van der Waals surface area contributed by atoms with E-state index in [1.165, 1.54) is 12.1 Å². The molecule has 0 saturated carbocycles. The van der Waals surface area contributed by atoms with E-state index in [4.69, 9.17) is 0 Å². The maximum atomic E-state index is 10.6. The fraction of sp³-hybridized carbons (Fsp3) is 0.455. The Kier molecular flexibility index (Phi) is 4.89. The van der Waals surface area contributed by atoms with Crippen molar-refractivity contribution < 1.29 is 10.0 Å². The number of nitrogens with zero attached hydrogens (tertiary/aromatic N) is 1. The SMILES string of the molecule is CC(C)[C@@H](CO)Nc1ccc([N+](=O)[O-])cc1Br. The average molecular weight is 303 g/mol. The first-order valence-electron chi connectivity index (χ1n) is 5.27. The molecule has 94 valence electrons. The van der Waals surface area contributed by atoms with E-state index >= 15 is 0 Å². The zero-order valence-corrected chi connectivity index (χ0v) is 11.3. The topological polar surface area (TPSA) is 75.4 Å². The van der Waals surface area contributed by atoms with E-state index in [1.807, 2.05) is 13.8 Å². The molecule has 0 heterocycles. The molecule has 6 heteroatoms. The largest absolute Gasteiger partial charge is 0.394 e. The quantitative estimate of drug-likeness (QED) is 0.648. The number of benzene rings is 1. The monoisotopic (exact) mass is 302 g/mol. The maximum absolute atomic E-state index is 10.6. The van der Waals surface area contributed by atoms with Crippen LogP contribution < -0.4 is 5.32 Å². The van der Waals surface area contributed by atoms with E-state index in [0.717, 1.165) is 5.69 Å². The zero-order valence-electron chi connectivity index (χ0n) is 9.68. The molecule has 0 spiro atoms. The van der Waals surface area contributed by atoms with Gasteiger partial charge in [0.05, 0.1) is 17.6 Å². The van der Waals surface area contributed by atoms with Crippen LogP contribution in [0, 0.1) is 16.0 Å². The Morgan fingerprint density at radius 2 is 2.18 bits per heavy atom. The zero-order chi connectivity index (χ0) is 13.0. The van der Waals surface area contributed by atoms with Crippen LogP contribution in [-0.4, -0.2) is 22.7 Å². The van der Waals surface area contributed by atoms with Crippen LogP contribution in [0.15, 0.2) is 22.7 Å². The smallest absolute Gasteiger partial charge is 0.270 e. The molecule has 0 bridgehead atoms. The fourth-order valence-corrected chi connectivity index (χ4v) is 1.84. The normalized spacial score (nSPS) is 12.5. The molecule has 0 aliphatic carbocycles. The second kappa shape index (κ2) is 5.97. The number of aliphatic hydroxyl groups excluding tert-OH is 1. The molecule has 0 fully saturated rings. The number of halogens is 1. The van der Waals surface area contributed by atoms with Crippen molar-refractivity contribution in [3.05, 3.63) is 32.8 Å². The van der Waals surface area contributed by atoms with Crippen molar-refractivity contribution in [3.63, 3.8) is 0 Å². The van der Waals surface area contributed by atoms with Crippen molar-refractivity contribution in [2.24, 2.45) is 5.92 Å². The van der Waals surface area contributed by atoms with Gasteiger partial charge in [-0.3, -0.25) is 10.1 Å². The van der Waals surface area contributed by atoms with Crippen molar-refractivity contribution in [2.45, 2.75) is 19.9 Å². The summed E-state index contributed by atoms with van der Waals surface area (Å²) in [5.41, 5.74) is 0.774. The summed E-state index contributed by atoms with van der Waals surface area (Å²) in [6.07, 6.45) is 0. The molecular formula is C11H15BrN2O3. The number of aliphatic hydroxyl groups is 1. The van der Waals surface area contributed by atoms with Gasteiger partial charge in [-0.05, 0) is 27.9 Å². The third-order valence-electron chi connectivity index (χ3n) is 2.51. The van der Waals surface area contributed by atoms with E-state index in [9.17, 15) is 15.2 Å². The maximum Gasteiger partial charge on any atom is 0.270 e. The summed E-state index contributed by atoms with van der Waals surface area (Å²) in [6, 6.07) is 4.43. The van der Waals surface area contributed by atoms with Gasteiger partial charge in [0, 0.05) is 22.3 Å². The third-order valence-corrected chi connectivity index (χ3v) is 3.16. The van der Waals surface area contributed by atoms with Crippen LogP contribution in [0.3, 0.4) is 0 Å². The summed E-state index contributed by atoms with van der Waals surface area (Å²) >= 11 is 3.27. The number of nitro groups is 1. The lowest BCUT2D eigenvalue weighted by atomic mass is 10.1. The van der Waals surface area contributed by atoms with Gasteiger partial charge >= 0.3 is 0 Å². The lowest BCUT2D eigenvalue weighted by molar-refractivity contribution is -0.384. The molecule has 1 aromatic rings. The molecule has 0 aliphatic heterocycles. The Bertz CT molecular complexity index is 410. The molecule has 17 heavy (non-hydrogen) atoms. The predicted molar refractivity (Wildman–Crippen MR) is 70.1 cm³/mol. The highest BCUT2D eigenvalue weighted by molar-refractivity contribution is 9.10. The van der Waals surface area contributed by atoms with Crippen molar-refractivity contribution in [1.29, 1.82) is 0 Å². The number of rotatable bonds is 5. The van der Waals surface area contributed by atoms with Crippen LogP contribution in [0.25, 0.3) is 0 Å². The van der Waals surface area contributed by atoms with Gasteiger partial charge in [0.25, 0.3) is 5.69 Å². The highest BCUT2D eigenvalue weighted by Gasteiger charge is 2.15. The summed E-state index contributed by atoms with van der Waals surface area (Å²) in [4.78, 5) is 10.1. The number of hydrogen-bond acceptors (Lipinski definition) is 4. The fourth-order valence-electron chi connectivity index (χ4n) is 1.36. The van der Waals surface area contributed by atoms with Gasteiger partial charge in [-0.1, -0.05) is 13.8 Å². The molecule has 5 nitrogen and oxygen atoms in total. The first-order valence-corrected chi connectivity index (χ1v) is 6.06. The molecule has 0 unspecified atom stereocenters. The van der Waals surface area contributed by atoms with Gasteiger partial charge in [0.15, 0.2) is 0 Å². The second-order valence-electron chi connectivity index (χ2n) is 4.10. The van der Waals surface area contributed by atoms with E-state index in [2.05, 4.69) is 21.2 Å². The molecule has 2 N–H and O–H groups in total. The van der Waals surface area contributed by atoms with Crippen molar-refractivity contribution in [3.8, 4) is 0 Å². The highest BCUT2D eigenvalue weighted by atomic mass is 79.9. The van der Waals surface area contributed by atoms with Crippen LogP contribution >= 0.6 is 15.9 Å². The minimum atomic E-state index is -0.444. The van der Waals surface area contributed by atoms with Gasteiger partial charge < -0.3 is 10.4 Å². The molecular weight excluding hydrogens is 288 g/mol. The van der Waals surface area contributed by atoms with E-state index in [1.54, 1.807) is 6.07 Å². The third kappa shape index (κ3) is 3.67. The van der Waals surface area contributed by atoms with Gasteiger partial charge in [-0.25, -0.2) is 0 Å². The highest BCUT2D eigenvalue weighted by Crippen LogP contribution is 2.28. The molecule has 1 rings (SSSR count). The van der Waals surface area contributed by atoms with Crippen LogP contribution in [0.5, 0.6) is 0 Å². The predicted octanol–water partition coefficient (Wildman–Crippen LogP) is 2.79. The molecule has 0 aliphatic rings.